The van der Waals surface area contributed by atoms with Crippen LogP contribution in [-0.2, 0) is 11.3 Å². The molecule has 0 saturated heterocycles. The molecule has 1 heterocycles. The van der Waals surface area contributed by atoms with Crippen molar-refractivity contribution < 1.29 is 4.79 Å². The van der Waals surface area contributed by atoms with Crippen molar-refractivity contribution in [3.8, 4) is 5.69 Å². The number of amides is 1. The van der Waals surface area contributed by atoms with Gasteiger partial charge < -0.3 is 5.32 Å². The fraction of sp³-hybridized carbons (Fsp3) is 0.375. The molecule has 0 aliphatic heterocycles. The van der Waals surface area contributed by atoms with Crippen LogP contribution in [0, 0.1) is 0 Å². The molecule has 1 aliphatic rings. The van der Waals surface area contributed by atoms with Crippen molar-refractivity contribution in [3.63, 3.8) is 0 Å². The van der Waals surface area contributed by atoms with E-state index in [2.05, 4.69) is 29.1 Å². The van der Waals surface area contributed by atoms with E-state index in [-0.39, 0.29) is 5.91 Å². The van der Waals surface area contributed by atoms with E-state index < -0.39 is 0 Å². The number of carbonyl (C=O) groups is 1. The molecule has 1 aromatic heterocycles. The first-order chi connectivity index (χ1) is 10.3. The van der Waals surface area contributed by atoms with Crippen LogP contribution in [-0.4, -0.2) is 21.4 Å². The van der Waals surface area contributed by atoms with Crippen LogP contribution in [0.25, 0.3) is 5.69 Å². The molecule has 1 aliphatic carbocycles. The molecule has 5 heteroatoms. The lowest BCUT2D eigenvalue weighted by molar-refractivity contribution is -0.120. The number of benzene rings is 1. The first kappa shape index (κ1) is 14.2. The van der Waals surface area contributed by atoms with Crippen molar-refractivity contribution in [1.29, 1.82) is 0 Å². The highest BCUT2D eigenvalue weighted by atomic mass is 32.1. The number of rotatable bonds is 6. The monoisotopic (exact) mass is 301 g/mol. The molecule has 1 amide bonds. The van der Waals surface area contributed by atoms with Gasteiger partial charge in [-0.1, -0.05) is 12.1 Å². The summed E-state index contributed by atoms with van der Waals surface area (Å²) in [6.45, 7) is 0.555. The second-order valence-corrected chi connectivity index (χ2v) is 5.82. The molecular formula is C16H19N3OS. The lowest BCUT2D eigenvalue weighted by Gasteiger charge is -2.06. The minimum Gasteiger partial charge on any atom is -0.352 e. The molecule has 1 N–H and O–H groups in total. The van der Waals surface area contributed by atoms with Crippen molar-refractivity contribution in [1.82, 2.24) is 15.1 Å². The molecule has 3 rings (SSSR count). The zero-order chi connectivity index (χ0) is 14.7. The number of aromatic nitrogens is 2. The Kier molecular flexibility index (Phi) is 4.29. The van der Waals surface area contributed by atoms with Gasteiger partial charge in [0, 0.05) is 25.1 Å². The molecule has 4 nitrogen and oxygen atoms in total. The lowest BCUT2D eigenvalue weighted by Crippen LogP contribution is -2.22. The average Bonchev–Trinajstić information content (AvgIpc) is 3.24. The first-order valence-corrected chi connectivity index (χ1v) is 7.92. The van der Waals surface area contributed by atoms with Crippen molar-refractivity contribution in [2.75, 3.05) is 5.75 Å². The number of hydrogen-bond acceptors (Lipinski definition) is 3. The Morgan fingerprint density at radius 3 is 2.71 bits per heavy atom. The maximum Gasteiger partial charge on any atom is 0.221 e. The van der Waals surface area contributed by atoms with Crippen molar-refractivity contribution >= 4 is 18.5 Å². The maximum absolute atomic E-state index is 11.4. The highest BCUT2D eigenvalue weighted by molar-refractivity contribution is 7.80. The quantitative estimate of drug-likeness (QED) is 0.806. The minimum atomic E-state index is 0.0372. The van der Waals surface area contributed by atoms with Gasteiger partial charge in [0.2, 0.25) is 5.91 Å². The van der Waals surface area contributed by atoms with Crippen molar-refractivity contribution in [2.24, 2.45) is 0 Å². The van der Waals surface area contributed by atoms with Crippen LogP contribution < -0.4 is 5.32 Å². The van der Waals surface area contributed by atoms with Gasteiger partial charge in [-0.15, -0.1) is 0 Å². The molecule has 0 spiro atoms. The fourth-order valence-electron chi connectivity index (χ4n) is 2.24. The second kappa shape index (κ2) is 6.35. The Bertz CT molecular complexity index is 617. The normalized spacial score (nSPS) is 14.1. The molecule has 0 atom stereocenters. The topological polar surface area (TPSA) is 46.9 Å². The largest absolute Gasteiger partial charge is 0.352 e. The van der Waals surface area contributed by atoms with Crippen LogP contribution in [0.3, 0.4) is 0 Å². The molecular weight excluding hydrogens is 282 g/mol. The number of carbonyl (C=O) groups excluding carboxylic acids is 1. The van der Waals surface area contributed by atoms with Crippen LogP contribution in [0.4, 0.5) is 0 Å². The van der Waals surface area contributed by atoms with Gasteiger partial charge in [-0.2, -0.15) is 17.7 Å². The summed E-state index contributed by atoms with van der Waals surface area (Å²) in [4.78, 5) is 11.4. The van der Waals surface area contributed by atoms with E-state index in [0.717, 1.165) is 11.3 Å². The molecule has 1 aromatic carbocycles. The van der Waals surface area contributed by atoms with Gasteiger partial charge in [-0.05, 0) is 42.4 Å². The first-order valence-electron chi connectivity index (χ1n) is 7.28. The summed E-state index contributed by atoms with van der Waals surface area (Å²) in [6.07, 6.45) is 5.00. The van der Waals surface area contributed by atoms with Crippen molar-refractivity contribution in [2.45, 2.75) is 31.7 Å². The Morgan fingerprint density at radius 1 is 1.29 bits per heavy atom. The van der Waals surface area contributed by atoms with Gasteiger partial charge in [0.1, 0.15) is 0 Å². The van der Waals surface area contributed by atoms with Gasteiger partial charge in [0.05, 0.1) is 11.4 Å². The summed E-state index contributed by atoms with van der Waals surface area (Å²) in [5.41, 5.74) is 3.33. The Hall–Kier alpha value is -1.75. The highest BCUT2D eigenvalue weighted by Gasteiger charge is 2.25. The van der Waals surface area contributed by atoms with Gasteiger partial charge >= 0.3 is 0 Å². The van der Waals surface area contributed by atoms with E-state index in [0.29, 0.717) is 24.6 Å². The summed E-state index contributed by atoms with van der Waals surface area (Å²) in [5.74, 6) is 1.29. The predicted octanol–water partition coefficient (Wildman–Crippen LogP) is 2.69. The Balaban J connectivity index is 1.61. The zero-order valence-electron chi connectivity index (χ0n) is 11.8. The molecule has 0 radical (unpaired) electrons. The van der Waals surface area contributed by atoms with Crippen LogP contribution >= 0.6 is 12.6 Å². The van der Waals surface area contributed by atoms with Crippen LogP contribution in [0.1, 0.15) is 36.4 Å². The second-order valence-electron chi connectivity index (χ2n) is 5.38. The van der Waals surface area contributed by atoms with Crippen LogP contribution in [0.15, 0.2) is 36.5 Å². The molecule has 110 valence electrons. The molecule has 1 saturated carbocycles. The third kappa shape index (κ3) is 3.67. The third-order valence-corrected chi connectivity index (χ3v) is 3.86. The summed E-state index contributed by atoms with van der Waals surface area (Å²) in [6, 6.07) is 10.2. The summed E-state index contributed by atoms with van der Waals surface area (Å²) < 4.78 is 1.91. The molecule has 2 aromatic rings. The van der Waals surface area contributed by atoms with E-state index >= 15 is 0 Å². The van der Waals surface area contributed by atoms with Gasteiger partial charge in [-0.3, -0.25) is 4.79 Å². The number of nitrogens with one attached hydrogen (secondary N) is 1. The van der Waals surface area contributed by atoms with E-state index in [1.165, 1.54) is 18.5 Å². The molecule has 0 bridgehead atoms. The zero-order valence-corrected chi connectivity index (χ0v) is 12.7. The molecule has 0 unspecified atom stereocenters. The summed E-state index contributed by atoms with van der Waals surface area (Å²) in [5, 5.41) is 7.49. The smallest absolute Gasteiger partial charge is 0.221 e. The lowest BCUT2D eigenvalue weighted by atomic mass is 10.2. The van der Waals surface area contributed by atoms with E-state index in [1.54, 1.807) is 0 Å². The predicted molar refractivity (Wildman–Crippen MR) is 85.9 cm³/mol. The van der Waals surface area contributed by atoms with Gasteiger partial charge in [0.25, 0.3) is 0 Å². The van der Waals surface area contributed by atoms with Crippen LogP contribution in [0.2, 0.25) is 0 Å². The van der Waals surface area contributed by atoms with E-state index in [1.807, 2.05) is 35.1 Å². The number of hydrogen-bond donors (Lipinski definition) is 2. The number of thiol groups is 1. The third-order valence-electron chi connectivity index (χ3n) is 3.63. The fourth-order valence-corrected chi connectivity index (χ4v) is 2.44. The minimum absolute atomic E-state index is 0.0372. The van der Waals surface area contributed by atoms with E-state index in [4.69, 9.17) is 0 Å². The average molecular weight is 301 g/mol. The molecule has 21 heavy (non-hydrogen) atoms. The summed E-state index contributed by atoms with van der Waals surface area (Å²) in [7, 11) is 0. The standard InChI is InChI=1S/C16H19N3OS/c20-16(8-10-21)17-11-12-1-5-14(6-2-12)19-9-7-15(18-19)13-3-4-13/h1-2,5-7,9,13,21H,3-4,8,10-11H2,(H,17,20). The van der Waals surface area contributed by atoms with E-state index in [9.17, 15) is 4.79 Å². The van der Waals surface area contributed by atoms with Gasteiger partial charge in [0.15, 0.2) is 0 Å². The van der Waals surface area contributed by atoms with Crippen LogP contribution in [0.5, 0.6) is 0 Å². The highest BCUT2D eigenvalue weighted by Crippen LogP contribution is 2.38. The van der Waals surface area contributed by atoms with Crippen molar-refractivity contribution in [3.05, 3.63) is 47.8 Å². The Morgan fingerprint density at radius 2 is 2.05 bits per heavy atom. The molecule has 1 fully saturated rings. The SMILES string of the molecule is O=C(CCS)NCc1ccc(-n2ccc(C3CC3)n2)cc1. The number of nitrogens with zero attached hydrogens (tertiary/aromatic N) is 2. The maximum atomic E-state index is 11.4. The Labute approximate surface area is 130 Å². The summed E-state index contributed by atoms with van der Waals surface area (Å²) >= 11 is 4.04. The van der Waals surface area contributed by atoms with Gasteiger partial charge in [-0.25, -0.2) is 4.68 Å².